The molecule has 0 bridgehead atoms. The molecule has 2 N–H and O–H groups in total. The molecule has 1 spiro atoms. The minimum atomic E-state index is -0.455. The van der Waals surface area contributed by atoms with Gasteiger partial charge in [0, 0.05) is 0 Å². The topological polar surface area (TPSA) is 64.8 Å². The standard InChI is InChI=1S/C5H8N2O3/c6-7-1-5(2-9-3-5)10-4(7)8/h1-3,6H2. The van der Waals surface area contributed by atoms with Gasteiger partial charge in [0.2, 0.25) is 0 Å². The molecule has 0 aliphatic carbocycles. The molecule has 2 fully saturated rings. The van der Waals surface area contributed by atoms with Crippen LogP contribution >= 0.6 is 0 Å². The highest BCUT2D eigenvalue weighted by Gasteiger charge is 2.50. The Hall–Kier alpha value is -0.810. The summed E-state index contributed by atoms with van der Waals surface area (Å²) < 4.78 is 9.83. The Balaban J connectivity index is 2.10. The molecule has 5 nitrogen and oxygen atoms in total. The average molecular weight is 144 g/mol. The van der Waals surface area contributed by atoms with Crippen LogP contribution in [0.25, 0.3) is 0 Å². The van der Waals surface area contributed by atoms with Crippen molar-refractivity contribution in [2.24, 2.45) is 5.84 Å². The molecule has 0 aromatic carbocycles. The molecule has 2 saturated heterocycles. The van der Waals surface area contributed by atoms with Gasteiger partial charge in [-0.15, -0.1) is 0 Å². The van der Waals surface area contributed by atoms with Crippen molar-refractivity contribution in [3.8, 4) is 0 Å². The molecular weight excluding hydrogens is 136 g/mol. The number of ether oxygens (including phenoxy) is 2. The smallest absolute Gasteiger partial charge is 0.424 e. The van der Waals surface area contributed by atoms with Crippen LogP contribution in [0.1, 0.15) is 0 Å². The van der Waals surface area contributed by atoms with Crippen LogP contribution in [-0.4, -0.2) is 36.5 Å². The van der Waals surface area contributed by atoms with Crippen molar-refractivity contribution in [2.75, 3.05) is 19.8 Å². The van der Waals surface area contributed by atoms with Crippen LogP contribution in [0, 0.1) is 0 Å². The van der Waals surface area contributed by atoms with Crippen LogP contribution in [0.4, 0.5) is 4.79 Å². The number of carbonyl (C=O) groups excluding carboxylic acids is 1. The molecule has 5 heteroatoms. The summed E-state index contributed by atoms with van der Waals surface area (Å²) in [5, 5.41) is 1.07. The molecule has 10 heavy (non-hydrogen) atoms. The van der Waals surface area contributed by atoms with E-state index >= 15 is 0 Å². The molecule has 2 aliphatic rings. The third-order valence-corrected chi connectivity index (χ3v) is 1.73. The molecule has 0 radical (unpaired) electrons. The summed E-state index contributed by atoms with van der Waals surface area (Å²) in [6.07, 6.45) is -0.455. The van der Waals surface area contributed by atoms with Gasteiger partial charge >= 0.3 is 6.09 Å². The van der Waals surface area contributed by atoms with Crippen LogP contribution in [0.2, 0.25) is 0 Å². The second-order valence-corrected chi connectivity index (χ2v) is 2.67. The molecule has 0 saturated carbocycles. The maximum atomic E-state index is 10.7. The van der Waals surface area contributed by atoms with E-state index in [1.165, 1.54) is 0 Å². The van der Waals surface area contributed by atoms with Gasteiger partial charge in [-0.3, -0.25) is 0 Å². The van der Waals surface area contributed by atoms with Gasteiger partial charge < -0.3 is 9.47 Å². The molecule has 0 aromatic heterocycles. The lowest BCUT2D eigenvalue weighted by Gasteiger charge is -2.34. The van der Waals surface area contributed by atoms with E-state index < -0.39 is 11.7 Å². The van der Waals surface area contributed by atoms with Crippen LogP contribution in [-0.2, 0) is 9.47 Å². The van der Waals surface area contributed by atoms with E-state index in [-0.39, 0.29) is 0 Å². The van der Waals surface area contributed by atoms with E-state index in [2.05, 4.69) is 0 Å². The summed E-state index contributed by atoms with van der Waals surface area (Å²) in [6.45, 7) is 1.41. The van der Waals surface area contributed by atoms with Gasteiger partial charge in [-0.2, -0.15) is 0 Å². The third-order valence-electron chi connectivity index (χ3n) is 1.73. The fraction of sp³-hybridized carbons (Fsp3) is 0.800. The second kappa shape index (κ2) is 1.62. The number of nitrogens with two attached hydrogens (primary N) is 1. The zero-order valence-corrected chi connectivity index (χ0v) is 5.37. The summed E-state index contributed by atoms with van der Waals surface area (Å²) in [5.74, 6) is 5.27. The first-order chi connectivity index (χ1) is 4.72. The Kier molecular flexibility index (Phi) is 0.959. The SMILES string of the molecule is NN1CC2(COC2)OC1=O. The number of nitrogens with zero attached hydrogens (tertiary/aromatic N) is 1. The summed E-state index contributed by atoms with van der Waals surface area (Å²) in [5.41, 5.74) is -0.411. The number of rotatable bonds is 0. The number of amides is 1. The van der Waals surface area contributed by atoms with Gasteiger partial charge in [0.05, 0.1) is 19.8 Å². The summed E-state index contributed by atoms with van der Waals surface area (Å²) in [7, 11) is 0. The van der Waals surface area contributed by atoms with E-state index in [9.17, 15) is 4.79 Å². The number of hydrogen-bond donors (Lipinski definition) is 1. The van der Waals surface area contributed by atoms with Crippen LogP contribution in [0.5, 0.6) is 0 Å². The van der Waals surface area contributed by atoms with E-state index in [4.69, 9.17) is 15.3 Å². The third kappa shape index (κ3) is 0.614. The Morgan fingerprint density at radius 2 is 2.30 bits per heavy atom. The normalized spacial score (nSPS) is 28.5. The zero-order chi connectivity index (χ0) is 7.19. The Morgan fingerprint density at radius 1 is 1.60 bits per heavy atom. The van der Waals surface area contributed by atoms with Gasteiger partial charge in [-0.25, -0.2) is 15.6 Å². The first-order valence-electron chi connectivity index (χ1n) is 3.05. The number of carbonyl (C=O) groups is 1. The molecule has 2 heterocycles. The lowest BCUT2D eigenvalue weighted by Crippen LogP contribution is -2.53. The molecule has 56 valence electrons. The largest absolute Gasteiger partial charge is 0.435 e. The Bertz CT molecular complexity index is 178. The van der Waals surface area contributed by atoms with E-state index in [0.29, 0.717) is 19.8 Å². The Labute approximate surface area is 57.6 Å². The van der Waals surface area contributed by atoms with Crippen molar-refractivity contribution >= 4 is 6.09 Å². The first kappa shape index (κ1) is 5.94. The molecule has 0 atom stereocenters. The minimum absolute atomic E-state index is 0.411. The fourth-order valence-electron chi connectivity index (χ4n) is 1.13. The molecule has 2 aliphatic heterocycles. The second-order valence-electron chi connectivity index (χ2n) is 2.67. The van der Waals surface area contributed by atoms with Crippen LogP contribution in [0.15, 0.2) is 0 Å². The maximum absolute atomic E-state index is 10.7. The van der Waals surface area contributed by atoms with Gasteiger partial charge in [-0.05, 0) is 0 Å². The molecule has 0 unspecified atom stereocenters. The quantitative estimate of drug-likeness (QED) is 0.353. The zero-order valence-electron chi connectivity index (χ0n) is 5.37. The molecular formula is C5H8N2O3. The Morgan fingerprint density at radius 3 is 2.50 bits per heavy atom. The van der Waals surface area contributed by atoms with E-state index in [0.717, 1.165) is 5.01 Å². The monoisotopic (exact) mass is 144 g/mol. The van der Waals surface area contributed by atoms with Crippen molar-refractivity contribution in [1.29, 1.82) is 0 Å². The maximum Gasteiger partial charge on any atom is 0.424 e. The fourth-order valence-corrected chi connectivity index (χ4v) is 1.13. The van der Waals surface area contributed by atoms with E-state index in [1.807, 2.05) is 0 Å². The highest BCUT2D eigenvalue weighted by atomic mass is 16.6. The van der Waals surface area contributed by atoms with Crippen molar-refractivity contribution in [1.82, 2.24) is 5.01 Å². The molecule has 2 rings (SSSR count). The number of hydrogen-bond acceptors (Lipinski definition) is 4. The summed E-state index contributed by atoms with van der Waals surface area (Å²) in [4.78, 5) is 10.7. The minimum Gasteiger partial charge on any atom is -0.435 e. The van der Waals surface area contributed by atoms with Gasteiger partial charge in [0.25, 0.3) is 0 Å². The van der Waals surface area contributed by atoms with Crippen LogP contribution in [0.3, 0.4) is 0 Å². The molecule has 1 amide bonds. The highest BCUT2D eigenvalue weighted by molar-refractivity contribution is 5.70. The average Bonchev–Trinajstić information content (AvgIpc) is 2.08. The predicted molar refractivity (Wildman–Crippen MR) is 30.9 cm³/mol. The summed E-state index contributed by atoms with van der Waals surface area (Å²) in [6, 6.07) is 0. The molecule has 0 aromatic rings. The highest BCUT2D eigenvalue weighted by Crippen LogP contribution is 2.27. The van der Waals surface area contributed by atoms with Gasteiger partial charge in [0.1, 0.15) is 0 Å². The first-order valence-corrected chi connectivity index (χ1v) is 3.05. The summed E-state index contributed by atoms with van der Waals surface area (Å²) >= 11 is 0. The van der Waals surface area contributed by atoms with E-state index in [1.54, 1.807) is 0 Å². The lowest BCUT2D eigenvalue weighted by molar-refractivity contribution is -0.156. The van der Waals surface area contributed by atoms with Gasteiger partial charge in [-0.1, -0.05) is 0 Å². The van der Waals surface area contributed by atoms with Crippen LogP contribution < -0.4 is 5.84 Å². The van der Waals surface area contributed by atoms with Crippen molar-refractivity contribution in [3.63, 3.8) is 0 Å². The number of hydrazine groups is 1. The predicted octanol–water partition coefficient (Wildman–Crippen LogP) is -0.919. The van der Waals surface area contributed by atoms with Gasteiger partial charge in [0.15, 0.2) is 5.60 Å². The lowest BCUT2D eigenvalue weighted by atomic mass is 10.0. The van der Waals surface area contributed by atoms with Crippen molar-refractivity contribution < 1.29 is 14.3 Å². The van der Waals surface area contributed by atoms with Crippen molar-refractivity contribution in [3.05, 3.63) is 0 Å². The van der Waals surface area contributed by atoms with Crippen molar-refractivity contribution in [2.45, 2.75) is 5.60 Å².